The molecule has 0 radical (unpaired) electrons. The highest BCUT2D eigenvalue weighted by Gasteiger charge is 2.28. The molecule has 1 aromatic heterocycles. The summed E-state index contributed by atoms with van der Waals surface area (Å²) in [6.45, 7) is 3.66. The van der Waals surface area contributed by atoms with Crippen LogP contribution < -0.4 is 15.5 Å². The van der Waals surface area contributed by atoms with Crippen LogP contribution in [0.1, 0.15) is 37.4 Å². The number of aromatic nitrogens is 1. The molecule has 0 saturated heterocycles. The van der Waals surface area contributed by atoms with Gasteiger partial charge < -0.3 is 15.5 Å². The van der Waals surface area contributed by atoms with Gasteiger partial charge in [0.05, 0.1) is 11.6 Å². The second kappa shape index (κ2) is 8.90. The van der Waals surface area contributed by atoms with Gasteiger partial charge >= 0.3 is 0 Å². The Morgan fingerprint density at radius 1 is 1.09 bits per heavy atom. The molecule has 3 aromatic rings. The van der Waals surface area contributed by atoms with Crippen LogP contribution in [0.15, 0.2) is 60.8 Å². The summed E-state index contributed by atoms with van der Waals surface area (Å²) in [5, 5.41) is 15.3. The van der Waals surface area contributed by atoms with Crippen LogP contribution in [0.4, 0.5) is 17.2 Å². The number of anilines is 3. The Balaban J connectivity index is 1.71. The Kier molecular flexibility index (Phi) is 5.86. The minimum Gasteiger partial charge on any atom is -0.363 e. The van der Waals surface area contributed by atoms with E-state index >= 15 is 0 Å². The second-order valence-electron chi connectivity index (χ2n) is 7.74. The average Bonchev–Trinajstić information content (AvgIpc) is 2.79. The maximum Gasteiger partial charge on any atom is 0.223 e. The van der Waals surface area contributed by atoms with Crippen LogP contribution in [0.5, 0.6) is 0 Å². The van der Waals surface area contributed by atoms with Crippen molar-refractivity contribution in [2.75, 3.05) is 22.1 Å². The fourth-order valence-corrected chi connectivity index (χ4v) is 3.97. The highest BCUT2D eigenvalue weighted by Crippen LogP contribution is 2.38. The molecule has 0 spiro atoms. The molecule has 1 aliphatic heterocycles. The van der Waals surface area contributed by atoms with E-state index in [4.69, 9.17) is 5.26 Å². The fourth-order valence-electron chi connectivity index (χ4n) is 3.97. The van der Waals surface area contributed by atoms with Crippen molar-refractivity contribution < 1.29 is 9.59 Å². The summed E-state index contributed by atoms with van der Waals surface area (Å²) in [5.74, 6) is 0.555. The van der Waals surface area contributed by atoms with Gasteiger partial charge in [0.2, 0.25) is 11.8 Å². The van der Waals surface area contributed by atoms with Gasteiger partial charge in [0.25, 0.3) is 0 Å². The molecular formula is C25H23N5O2. The SMILES string of the molecule is CC(=O)Nc1cccc(-c2ccc3c(c2)[C@H](Nc2ccc(C#N)cn2)CCN3C(C)=O)c1. The number of rotatable bonds is 4. The lowest BCUT2D eigenvalue weighted by atomic mass is 9.92. The Bertz CT molecular complexity index is 1210. The first kappa shape index (κ1) is 21.1. The molecule has 2 aromatic carbocycles. The lowest BCUT2D eigenvalue weighted by Gasteiger charge is -2.35. The molecule has 7 heteroatoms. The van der Waals surface area contributed by atoms with Crippen molar-refractivity contribution in [1.82, 2.24) is 4.98 Å². The molecule has 2 N–H and O–H groups in total. The third-order valence-corrected chi connectivity index (χ3v) is 5.45. The summed E-state index contributed by atoms with van der Waals surface area (Å²) in [4.78, 5) is 29.8. The number of carbonyl (C=O) groups is 2. The van der Waals surface area contributed by atoms with E-state index in [-0.39, 0.29) is 17.9 Å². The summed E-state index contributed by atoms with van der Waals surface area (Å²) in [6.07, 6.45) is 2.27. The number of nitrogens with zero attached hydrogens (tertiary/aromatic N) is 3. The van der Waals surface area contributed by atoms with Gasteiger partial charge in [0, 0.05) is 38.0 Å². The van der Waals surface area contributed by atoms with Gasteiger partial charge in [-0.3, -0.25) is 9.59 Å². The smallest absolute Gasteiger partial charge is 0.223 e. The zero-order valence-corrected chi connectivity index (χ0v) is 17.9. The van der Waals surface area contributed by atoms with Crippen LogP contribution in [0, 0.1) is 11.3 Å². The predicted molar refractivity (Wildman–Crippen MR) is 124 cm³/mol. The number of fused-ring (bicyclic) bond motifs is 1. The topological polar surface area (TPSA) is 98.1 Å². The largest absolute Gasteiger partial charge is 0.363 e. The summed E-state index contributed by atoms with van der Waals surface area (Å²) in [5.41, 5.74) is 5.06. The molecular weight excluding hydrogens is 402 g/mol. The number of hydrogen-bond acceptors (Lipinski definition) is 5. The minimum absolute atomic E-state index is 0.00148. The van der Waals surface area contributed by atoms with Gasteiger partial charge in [-0.25, -0.2) is 4.98 Å². The molecule has 0 unspecified atom stereocenters. The summed E-state index contributed by atoms with van der Waals surface area (Å²) < 4.78 is 0. The lowest BCUT2D eigenvalue weighted by molar-refractivity contribution is -0.116. The van der Waals surface area contributed by atoms with Gasteiger partial charge in [-0.1, -0.05) is 18.2 Å². The molecule has 0 bridgehead atoms. The highest BCUT2D eigenvalue weighted by atomic mass is 16.2. The monoisotopic (exact) mass is 425 g/mol. The normalized spacial score (nSPS) is 14.8. The average molecular weight is 425 g/mol. The van der Waals surface area contributed by atoms with Crippen molar-refractivity contribution in [2.45, 2.75) is 26.3 Å². The van der Waals surface area contributed by atoms with Crippen molar-refractivity contribution in [3.8, 4) is 17.2 Å². The molecule has 7 nitrogen and oxygen atoms in total. The molecule has 2 heterocycles. The number of pyridine rings is 1. The number of hydrogen-bond donors (Lipinski definition) is 2. The van der Waals surface area contributed by atoms with Crippen molar-refractivity contribution >= 4 is 29.0 Å². The molecule has 4 rings (SSSR count). The number of nitrogens with one attached hydrogen (secondary N) is 2. The van der Waals surface area contributed by atoms with Crippen molar-refractivity contribution in [3.63, 3.8) is 0 Å². The Labute approximate surface area is 186 Å². The summed E-state index contributed by atoms with van der Waals surface area (Å²) >= 11 is 0. The maximum absolute atomic E-state index is 12.2. The minimum atomic E-state index is -0.121. The van der Waals surface area contributed by atoms with E-state index in [1.807, 2.05) is 36.4 Å². The van der Waals surface area contributed by atoms with E-state index < -0.39 is 0 Å². The van der Waals surface area contributed by atoms with Crippen LogP contribution in [-0.2, 0) is 9.59 Å². The van der Waals surface area contributed by atoms with E-state index in [2.05, 4.69) is 27.8 Å². The van der Waals surface area contributed by atoms with Gasteiger partial charge in [0.1, 0.15) is 11.9 Å². The molecule has 2 amide bonds. The molecule has 0 aliphatic carbocycles. The van der Waals surface area contributed by atoms with Gasteiger partial charge in [-0.05, 0) is 59.5 Å². The van der Waals surface area contributed by atoms with Crippen LogP contribution in [0.2, 0.25) is 0 Å². The van der Waals surface area contributed by atoms with E-state index in [0.29, 0.717) is 17.9 Å². The summed E-state index contributed by atoms with van der Waals surface area (Å²) in [7, 11) is 0. The van der Waals surface area contributed by atoms with Crippen molar-refractivity contribution in [1.29, 1.82) is 5.26 Å². The second-order valence-corrected chi connectivity index (χ2v) is 7.74. The summed E-state index contributed by atoms with van der Waals surface area (Å²) in [6, 6.07) is 19.3. The van der Waals surface area contributed by atoms with Crippen LogP contribution >= 0.6 is 0 Å². The molecule has 1 atom stereocenters. The lowest BCUT2D eigenvalue weighted by Crippen LogP contribution is -2.36. The third-order valence-electron chi connectivity index (χ3n) is 5.45. The zero-order valence-electron chi connectivity index (χ0n) is 17.9. The molecule has 32 heavy (non-hydrogen) atoms. The number of carbonyl (C=O) groups excluding carboxylic acids is 2. The standard InChI is InChI=1S/C25H23N5O2/c1-16(31)28-21-5-3-4-19(12-21)20-7-8-24-22(13-20)23(10-11-30(24)17(2)32)29-25-9-6-18(14-26)15-27-25/h3-9,12-13,15,23H,10-11H2,1-2H3,(H,27,29)(H,28,31)/t23-/m1/s1. The van der Waals surface area contributed by atoms with Crippen LogP contribution in [0.25, 0.3) is 11.1 Å². The number of nitriles is 1. The van der Waals surface area contributed by atoms with E-state index in [9.17, 15) is 9.59 Å². The van der Waals surface area contributed by atoms with Gasteiger partial charge in [-0.15, -0.1) is 0 Å². The van der Waals surface area contributed by atoms with E-state index in [1.54, 1.807) is 24.0 Å². The number of amides is 2. The molecule has 160 valence electrons. The van der Waals surface area contributed by atoms with Crippen molar-refractivity contribution in [2.24, 2.45) is 0 Å². The molecule has 0 fully saturated rings. The number of benzene rings is 2. The quantitative estimate of drug-likeness (QED) is 0.642. The van der Waals surface area contributed by atoms with Gasteiger partial charge in [0.15, 0.2) is 0 Å². The zero-order chi connectivity index (χ0) is 22.7. The first-order chi connectivity index (χ1) is 15.4. The van der Waals surface area contributed by atoms with Crippen LogP contribution in [-0.4, -0.2) is 23.3 Å². The first-order valence-electron chi connectivity index (χ1n) is 10.4. The maximum atomic E-state index is 12.2. The van der Waals surface area contributed by atoms with Crippen LogP contribution in [0.3, 0.4) is 0 Å². The Hall–Kier alpha value is -4.18. The van der Waals surface area contributed by atoms with Crippen molar-refractivity contribution in [3.05, 3.63) is 71.9 Å². The Morgan fingerprint density at radius 3 is 2.59 bits per heavy atom. The van der Waals surface area contributed by atoms with E-state index in [1.165, 1.54) is 13.1 Å². The third kappa shape index (κ3) is 4.44. The highest BCUT2D eigenvalue weighted by molar-refractivity contribution is 5.94. The Morgan fingerprint density at radius 2 is 1.91 bits per heavy atom. The fraction of sp³-hybridized carbons (Fsp3) is 0.200. The molecule has 0 saturated carbocycles. The van der Waals surface area contributed by atoms with E-state index in [0.717, 1.165) is 34.5 Å². The predicted octanol–water partition coefficient (Wildman–Crippen LogP) is 4.49. The van der Waals surface area contributed by atoms with Gasteiger partial charge in [-0.2, -0.15) is 5.26 Å². The first-order valence-corrected chi connectivity index (χ1v) is 10.4. The molecule has 1 aliphatic rings.